The number of hydrogen-bond donors (Lipinski definition) is 1. The number of nitrogens with one attached hydrogen (secondary N) is 1. The van der Waals surface area contributed by atoms with Gasteiger partial charge in [0.05, 0.1) is 17.2 Å². The van der Waals surface area contributed by atoms with Crippen LogP contribution >= 0.6 is 0 Å². The van der Waals surface area contributed by atoms with E-state index in [4.69, 9.17) is 4.74 Å². The number of nitrogens with zero attached hydrogens (tertiary/aromatic N) is 3. The fourth-order valence-electron chi connectivity index (χ4n) is 4.18. The van der Waals surface area contributed by atoms with Crippen LogP contribution in [0.1, 0.15) is 22.3 Å². The lowest BCUT2D eigenvalue weighted by molar-refractivity contribution is -0.137. The molecule has 3 heterocycles. The zero-order valence-electron chi connectivity index (χ0n) is 16.8. The lowest BCUT2D eigenvalue weighted by Crippen LogP contribution is -2.37. The minimum atomic E-state index is -4.39. The van der Waals surface area contributed by atoms with Gasteiger partial charge in [-0.25, -0.2) is 9.97 Å². The average Bonchev–Trinajstić information content (AvgIpc) is 3.14. The van der Waals surface area contributed by atoms with Gasteiger partial charge >= 0.3 is 6.18 Å². The Hall–Kier alpha value is -3.62. The molecule has 2 aliphatic rings. The van der Waals surface area contributed by atoms with Crippen LogP contribution in [0.25, 0.3) is 11.1 Å². The third-order valence-electron chi connectivity index (χ3n) is 5.76. The van der Waals surface area contributed by atoms with Crippen LogP contribution in [0.5, 0.6) is 5.75 Å². The number of carbonyl (C=O) groups is 1. The van der Waals surface area contributed by atoms with Gasteiger partial charge in [0.25, 0.3) is 5.91 Å². The summed E-state index contributed by atoms with van der Waals surface area (Å²) in [7, 11) is 0. The Bertz CT molecular complexity index is 1140. The molecule has 32 heavy (non-hydrogen) atoms. The molecule has 0 unspecified atom stereocenters. The summed E-state index contributed by atoms with van der Waals surface area (Å²) in [6.07, 6.45) is -0.397. The maximum Gasteiger partial charge on any atom is 0.416 e. The van der Waals surface area contributed by atoms with E-state index in [0.29, 0.717) is 48.0 Å². The van der Waals surface area contributed by atoms with Gasteiger partial charge in [-0.3, -0.25) is 4.79 Å². The number of amides is 1. The second-order valence-corrected chi connectivity index (χ2v) is 7.86. The van der Waals surface area contributed by atoms with Crippen LogP contribution in [-0.2, 0) is 6.18 Å². The van der Waals surface area contributed by atoms with Gasteiger partial charge in [-0.1, -0.05) is 18.2 Å². The SMILES string of the molecule is O=C1c2cc(-c3ccc(C(F)(F)F)cc3)ccc2OC[C@@H]2C[C@H](Nc3ncccn3)CN12. The van der Waals surface area contributed by atoms with Gasteiger partial charge in [0.1, 0.15) is 12.4 Å². The summed E-state index contributed by atoms with van der Waals surface area (Å²) in [5, 5.41) is 3.25. The van der Waals surface area contributed by atoms with E-state index in [-0.39, 0.29) is 18.0 Å². The van der Waals surface area contributed by atoms with Crippen molar-refractivity contribution in [3.63, 3.8) is 0 Å². The number of ether oxygens (including phenoxy) is 1. The Morgan fingerprint density at radius 2 is 1.75 bits per heavy atom. The number of rotatable bonds is 3. The molecule has 0 saturated carbocycles. The van der Waals surface area contributed by atoms with E-state index in [2.05, 4.69) is 15.3 Å². The van der Waals surface area contributed by atoms with Crippen molar-refractivity contribution in [1.29, 1.82) is 0 Å². The molecule has 0 spiro atoms. The van der Waals surface area contributed by atoms with E-state index in [1.54, 1.807) is 41.6 Å². The van der Waals surface area contributed by atoms with Crippen LogP contribution in [0.15, 0.2) is 60.9 Å². The molecule has 0 radical (unpaired) electrons. The summed E-state index contributed by atoms with van der Waals surface area (Å²) in [5.74, 6) is 0.832. The topological polar surface area (TPSA) is 67.3 Å². The van der Waals surface area contributed by atoms with Gasteiger partial charge < -0.3 is 15.0 Å². The summed E-state index contributed by atoms with van der Waals surface area (Å²) in [4.78, 5) is 23.4. The molecule has 1 amide bonds. The normalized spacial score (nSPS) is 20.2. The molecule has 2 aliphatic heterocycles. The molecule has 164 valence electrons. The van der Waals surface area contributed by atoms with Crippen LogP contribution in [0, 0.1) is 0 Å². The van der Waals surface area contributed by atoms with Crippen molar-refractivity contribution < 1.29 is 22.7 Å². The summed E-state index contributed by atoms with van der Waals surface area (Å²) in [5.41, 5.74) is 0.939. The first-order chi connectivity index (χ1) is 15.4. The van der Waals surface area contributed by atoms with Crippen molar-refractivity contribution in [3.05, 3.63) is 72.1 Å². The molecule has 0 bridgehead atoms. The first-order valence-electron chi connectivity index (χ1n) is 10.2. The van der Waals surface area contributed by atoms with Crippen LogP contribution in [-0.4, -0.2) is 46.0 Å². The molecule has 1 fully saturated rings. The Balaban J connectivity index is 1.38. The number of aromatic nitrogens is 2. The van der Waals surface area contributed by atoms with Crippen LogP contribution in [0.3, 0.4) is 0 Å². The minimum Gasteiger partial charge on any atom is -0.491 e. The summed E-state index contributed by atoms with van der Waals surface area (Å²) in [6, 6.07) is 11.7. The van der Waals surface area contributed by atoms with Crippen molar-refractivity contribution >= 4 is 11.9 Å². The quantitative estimate of drug-likeness (QED) is 0.660. The van der Waals surface area contributed by atoms with Gasteiger partial charge in [-0.05, 0) is 47.9 Å². The Labute approximate surface area is 182 Å². The average molecular weight is 440 g/mol. The fourth-order valence-corrected chi connectivity index (χ4v) is 4.18. The van der Waals surface area contributed by atoms with Gasteiger partial charge in [0, 0.05) is 25.0 Å². The van der Waals surface area contributed by atoms with Crippen molar-refractivity contribution in [3.8, 4) is 16.9 Å². The van der Waals surface area contributed by atoms with Gasteiger partial charge in [-0.15, -0.1) is 0 Å². The van der Waals surface area contributed by atoms with Crippen molar-refractivity contribution in [2.45, 2.75) is 24.7 Å². The maximum absolute atomic E-state index is 13.3. The first kappa shape index (κ1) is 20.3. The van der Waals surface area contributed by atoms with Crippen LogP contribution < -0.4 is 10.1 Å². The van der Waals surface area contributed by atoms with Crippen LogP contribution in [0.4, 0.5) is 19.1 Å². The van der Waals surface area contributed by atoms with Gasteiger partial charge in [-0.2, -0.15) is 13.2 Å². The Morgan fingerprint density at radius 3 is 2.47 bits per heavy atom. The minimum absolute atomic E-state index is 0.00500. The Kier molecular flexibility index (Phi) is 4.96. The second-order valence-electron chi connectivity index (χ2n) is 7.86. The molecule has 5 rings (SSSR count). The molecule has 2 atom stereocenters. The highest BCUT2D eigenvalue weighted by Crippen LogP contribution is 2.35. The predicted molar refractivity (Wildman–Crippen MR) is 111 cm³/mol. The number of hydrogen-bond acceptors (Lipinski definition) is 5. The van der Waals surface area contributed by atoms with E-state index >= 15 is 0 Å². The maximum atomic E-state index is 13.3. The zero-order chi connectivity index (χ0) is 22.3. The van der Waals surface area contributed by atoms with E-state index < -0.39 is 11.7 Å². The molecular weight excluding hydrogens is 421 g/mol. The molecule has 9 heteroatoms. The third kappa shape index (κ3) is 3.86. The van der Waals surface area contributed by atoms with Crippen LogP contribution in [0.2, 0.25) is 0 Å². The fraction of sp³-hybridized carbons (Fsp3) is 0.261. The van der Waals surface area contributed by atoms with Gasteiger partial charge in [0.15, 0.2) is 0 Å². The molecule has 1 saturated heterocycles. The van der Waals surface area contributed by atoms with Crippen molar-refractivity contribution in [2.75, 3.05) is 18.5 Å². The van der Waals surface area contributed by atoms with E-state index in [1.165, 1.54) is 12.1 Å². The Morgan fingerprint density at radius 1 is 1.03 bits per heavy atom. The molecule has 1 N–H and O–H groups in total. The molecule has 6 nitrogen and oxygen atoms in total. The molecule has 3 aromatic rings. The number of alkyl halides is 3. The third-order valence-corrected chi connectivity index (χ3v) is 5.76. The monoisotopic (exact) mass is 440 g/mol. The number of anilines is 1. The standard InChI is InChI=1S/C23H19F3N4O2/c24-23(25,26)16-5-2-14(3-6-16)15-4-7-20-19(10-15)21(31)30-12-17(11-18(30)13-32-20)29-22-27-8-1-9-28-22/h1-10,17-18H,11-13H2,(H,27,28,29)/t17-,18-/m0/s1. The highest BCUT2D eigenvalue weighted by Gasteiger charge is 2.39. The largest absolute Gasteiger partial charge is 0.491 e. The van der Waals surface area contributed by atoms with E-state index in [9.17, 15) is 18.0 Å². The first-order valence-corrected chi connectivity index (χ1v) is 10.2. The van der Waals surface area contributed by atoms with E-state index in [0.717, 1.165) is 12.1 Å². The molecular formula is C23H19F3N4O2. The smallest absolute Gasteiger partial charge is 0.416 e. The van der Waals surface area contributed by atoms with Crippen molar-refractivity contribution in [2.24, 2.45) is 0 Å². The van der Waals surface area contributed by atoms with E-state index in [1.807, 2.05) is 0 Å². The lowest BCUT2D eigenvalue weighted by Gasteiger charge is -2.20. The zero-order valence-corrected chi connectivity index (χ0v) is 16.8. The summed E-state index contributed by atoms with van der Waals surface area (Å²) < 4.78 is 44.5. The number of benzene rings is 2. The van der Waals surface area contributed by atoms with Gasteiger partial charge in [0.2, 0.25) is 5.95 Å². The second kappa shape index (κ2) is 7.81. The lowest BCUT2D eigenvalue weighted by atomic mass is 10.0. The number of fused-ring (bicyclic) bond motifs is 2. The van der Waals surface area contributed by atoms with Crippen molar-refractivity contribution in [1.82, 2.24) is 14.9 Å². The molecule has 1 aromatic heterocycles. The molecule has 2 aromatic carbocycles. The number of halogens is 3. The summed E-state index contributed by atoms with van der Waals surface area (Å²) in [6.45, 7) is 0.848. The highest BCUT2D eigenvalue weighted by atomic mass is 19.4. The summed E-state index contributed by atoms with van der Waals surface area (Å²) >= 11 is 0. The number of carbonyl (C=O) groups excluding carboxylic acids is 1. The highest BCUT2D eigenvalue weighted by molar-refractivity contribution is 5.99. The predicted octanol–water partition coefficient (Wildman–Crippen LogP) is 4.25. The molecule has 0 aliphatic carbocycles.